The molecule has 2 aromatic rings. The molecule has 0 aliphatic rings. The van der Waals surface area contributed by atoms with Gasteiger partial charge in [0.1, 0.15) is 5.58 Å². The summed E-state index contributed by atoms with van der Waals surface area (Å²) < 4.78 is 10.5. The van der Waals surface area contributed by atoms with Crippen LogP contribution in [0.4, 0.5) is 0 Å². The predicted molar refractivity (Wildman–Crippen MR) is 56.9 cm³/mol. The van der Waals surface area contributed by atoms with E-state index in [0.29, 0.717) is 6.61 Å². The number of fused-ring (bicyclic) bond motifs is 1. The van der Waals surface area contributed by atoms with E-state index in [2.05, 4.69) is 0 Å². The number of para-hydroxylation sites is 1. The topological polar surface area (TPSA) is 22.4 Å². The summed E-state index contributed by atoms with van der Waals surface area (Å²) >= 11 is 0. The molecular formula is C12H12O2. The maximum Gasteiger partial charge on any atom is 0.134 e. The molecule has 0 atom stereocenters. The Kier molecular flexibility index (Phi) is 2.54. The Morgan fingerprint density at radius 1 is 1.36 bits per heavy atom. The van der Waals surface area contributed by atoms with E-state index in [1.807, 2.05) is 37.3 Å². The van der Waals surface area contributed by atoms with Crippen molar-refractivity contribution in [1.29, 1.82) is 0 Å². The molecule has 0 radical (unpaired) electrons. The third-order valence-electron chi connectivity index (χ3n) is 2.02. The van der Waals surface area contributed by atoms with Crippen LogP contribution in [0.2, 0.25) is 0 Å². The highest BCUT2D eigenvalue weighted by Gasteiger charge is 2.00. The predicted octanol–water partition coefficient (Wildman–Crippen LogP) is 3.44. The summed E-state index contributed by atoms with van der Waals surface area (Å²) in [5, 5.41) is 1.11. The molecule has 0 unspecified atom stereocenters. The van der Waals surface area contributed by atoms with E-state index >= 15 is 0 Å². The van der Waals surface area contributed by atoms with Crippen molar-refractivity contribution in [3.05, 3.63) is 42.4 Å². The van der Waals surface area contributed by atoms with Crippen molar-refractivity contribution in [2.24, 2.45) is 0 Å². The zero-order valence-electron chi connectivity index (χ0n) is 8.07. The summed E-state index contributed by atoms with van der Waals surface area (Å²) in [7, 11) is 0. The highest BCUT2D eigenvalue weighted by Crippen LogP contribution is 2.21. The fraction of sp³-hybridized carbons (Fsp3) is 0.167. The van der Waals surface area contributed by atoms with Gasteiger partial charge in [-0.2, -0.15) is 0 Å². The van der Waals surface area contributed by atoms with Crippen LogP contribution < -0.4 is 0 Å². The molecule has 0 aliphatic heterocycles. The van der Waals surface area contributed by atoms with Gasteiger partial charge >= 0.3 is 0 Å². The average Bonchev–Trinajstić information content (AvgIpc) is 2.63. The molecule has 1 aromatic heterocycles. The Morgan fingerprint density at radius 3 is 3.07 bits per heavy atom. The first-order chi connectivity index (χ1) is 6.92. The second kappa shape index (κ2) is 4.01. The summed E-state index contributed by atoms with van der Waals surface area (Å²) in [6.45, 7) is 2.64. The van der Waals surface area contributed by atoms with Crippen LogP contribution in [-0.2, 0) is 4.74 Å². The van der Waals surface area contributed by atoms with Crippen LogP contribution in [0.25, 0.3) is 17.0 Å². The van der Waals surface area contributed by atoms with Gasteiger partial charge < -0.3 is 9.15 Å². The standard InChI is InChI=1S/C12H12O2/c1-2-13-8-7-10-9-14-12-6-4-3-5-11(10)12/h3-9H,2H2,1H3/b8-7+. The van der Waals surface area contributed by atoms with Gasteiger partial charge in [0.15, 0.2) is 0 Å². The molecule has 72 valence electrons. The number of benzene rings is 1. The van der Waals surface area contributed by atoms with Crippen molar-refractivity contribution in [2.45, 2.75) is 6.92 Å². The number of rotatable bonds is 3. The van der Waals surface area contributed by atoms with Crippen LogP contribution in [-0.4, -0.2) is 6.61 Å². The van der Waals surface area contributed by atoms with E-state index in [-0.39, 0.29) is 0 Å². The van der Waals surface area contributed by atoms with E-state index in [1.165, 1.54) is 0 Å². The number of furan rings is 1. The van der Waals surface area contributed by atoms with Gasteiger partial charge in [-0.05, 0) is 19.1 Å². The van der Waals surface area contributed by atoms with Crippen LogP contribution in [0.1, 0.15) is 12.5 Å². The van der Waals surface area contributed by atoms with Crippen LogP contribution in [0, 0.1) is 0 Å². The second-order valence-electron chi connectivity index (χ2n) is 2.95. The molecule has 14 heavy (non-hydrogen) atoms. The molecule has 0 amide bonds. The molecule has 2 rings (SSSR count). The van der Waals surface area contributed by atoms with E-state index in [0.717, 1.165) is 16.5 Å². The molecule has 0 spiro atoms. The molecule has 1 aromatic carbocycles. The van der Waals surface area contributed by atoms with Crippen molar-refractivity contribution < 1.29 is 9.15 Å². The molecule has 0 aliphatic carbocycles. The van der Waals surface area contributed by atoms with Crippen LogP contribution in [0.3, 0.4) is 0 Å². The van der Waals surface area contributed by atoms with Gasteiger partial charge in [0.2, 0.25) is 0 Å². The number of hydrogen-bond donors (Lipinski definition) is 0. The smallest absolute Gasteiger partial charge is 0.134 e. The second-order valence-corrected chi connectivity index (χ2v) is 2.95. The van der Waals surface area contributed by atoms with Gasteiger partial charge in [0, 0.05) is 10.9 Å². The quantitative estimate of drug-likeness (QED) is 0.688. The first-order valence-electron chi connectivity index (χ1n) is 4.66. The molecule has 2 nitrogen and oxygen atoms in total. The Bertz CT molecular complexity index is 440. The average molecular weight is 188 g/mol. The van der Waals surface area contributed by atoms with Crippen molar-refractivity contribution >= 4 is 17.0 Å². The third-order valence-corrected chi connectivity index (χ3v) is 2.02. The monoisotopic (exact) mass is 188 g/mol. The Labute approximate surface area is 82.8 Å². The summed E-state index contributed by atoms with van der Waals surface area (Å²) in [4.78, 5) is 0. The van der Waals surface area contributed by atoms with Crippen LogP contribution in [0.15, 0.2) is 41.2 Å². The number of hydrogen-bond acceptors (Lipinski definition) is 2. The van der Waals surface area contributed by atoms with Crippen LogP contribution in [0.5, 0.6) is 0 Å². The van der Waals surface area contributed by atoms with Gasteiger partial charge in [0.25, 0.3) is 0 Å². The Hall–Kier alpha value is -1.70. The lowest BCUT2D eigenvalue weighted by Crippen LogP contribution is -1.76. The molecular weight excluding hydrogens is 176 g/mol. The zero-order valence-corrected chi connectivity index (χ0v) is 8.07. The van der Waals surface area contributed by atoms with Crippen molar-refractivity contribution in [1.82, 2.24) is 0 Å². The van der Waals surface area contributed by atoms with Gasteiger partial charge in [-0.3, -0.25) is 0 Å². The molecule has 0 bridgehead atoms. The first kappa shape index (κ1) is 8.88. The summed E-state index contributed by atoms with van der Waals surface area (Å²) in [6.07, 6.45) is 5.34. The minimum absolute atomic E-state index is 0.687. The molecule has 0 saturated heterocycles. The molecule has 0 saturated carbocycles. The normalized spacial score (nSPS) is 11.2. The molecule has 2 heteroatoms. The van der Waals surface area contributed by atoms with Gasteiger partial charge in [-0.25, -0.2) is 0 Å². The maximum atomic E-state index is 5.37. The minimum Gasteiger partial charge on any atom is -0.501 e. The van der Waals surface area contributed by atoms with Crippen molar-refractivity contribution in [3.63, 3.8) is 0 Å². The largest absolute Gasteiger partial charge is 0.501 e. The maximum absolute atomic E-state index is 5.37. The lowest BCUT2D eigenvalue weighted by molar-refractivity contribution is 0.272. The first-order valence-corrected chi connectivity index (χ1v) is 4.66. The highest BCUT2D eigenvalue weighted by molar-refractivity contribution is 5.86. The third kappa shape index (κ3) is 1.64. The van der Waals surface area contributed by atoms with Crippen LogP contribution >= 0.6 is 0 Å². The Balaban J connectivity index is 2.34. The lowest BCUT2D eigenvalue weighted by atomic mass is 10.2. The Morgan fingerprint density at radius 2 is 2.21 bits per heavy atom. The van der Waals surface area contributed by atoms with Crippen molar-refractivity contribution in [3.8, 4) is 0 Å². The van der Waals surface area contributed by atoms with E-state index in [4.69, 9.17) is 9.15 Å². The molecule has 1 heterocycles. The lowest BCUT2D eigenvalue weighted by Gasteiger charge is -1.91. The van der Waals surface area contributed by atoms with Crippen molar-refractivity contribution in [2.75, 3.05) is 6.61 Å². The fourth-order valence-electron chi connectivity index (χ4n) is 1.35. The van der Waals surface area contributed by atoms with Gasteiger partial charge in [0.05, 0.1) is 19.1 Å². The summed E-state index contributed by atoms with van der Waals surface area (Å²) in [5.41, 5.74) is 1.96. The van der Waals surface area contributed by atoms with E-state index in [9.17, 15) is 0 Å². The number of ether oxygens (including phenoxy) is 1. The van der Waals surface area contributed by atoms with Gasteiger partial charge in [-0.1, -0.05) is 18.2 Å². The fourth-order valence-corrected chi connectivity index (χ4v) is 1.35. The SMILES string of the molecule is CCO/C=C/c1coc2ccccc12. The minimum atomic E-state index is 0.687. The molecule has 0 fully saturated rings. The van der Waals surface area contributed by atoms with E-state index < -0.39 is 0 Å². The van der Waals surface area contributed by atoms with Gasteiger partial charge in [-0.15, -0.1) is 0 Å². The summed E-state index contributed by atoms with van der Waals surface area (Å²) in [6, 6.07) is 7.94. The van der Waals surface area contributed by atoms with E-state index in [1.54, 1.807) is 12.5 Å². The molecule has 0 N–H and O–H groups in total. The summed E-state index contributed by atoms with van der Waals surface area (Å²) in [5.74, 6) is 0. The highest BCUT2D eigenvalue weighted by atomic mass is 16.5. The zero-order chi connectivity index (χ0) is 9.80.